The minimum Gasteiger partial charge on any atom is -0.360 e. The molecular formula is C14H19LiO4S. The Balaban J connectivity index is 0.00000361. The minimum atomic E-state index is -3.54. The van der Waals surface area contributed by atoms with Crippen molar-refractivity contribution in [1.29, 1.82) is 0 Å². The number of hydrogen-bond acceptors (Lipinski definition) is 4. The van der Waals surface area contributed by atoms with Gasteiger partial charge in [0, 0.05) is 21.8 Å². The molecule has 0 fully saturated rings. The number of sulfone groups is 1. The van der Waals surface area contributed by atoms with Gasteiger partial charge in [0.2, 0.25) is 0 Å². The van der Waals surface area contributed by atoms with Crippen LogP contribution in [0.15, 0.2) is 41.3 Å². The third kappa shape index (κ3) is 6.25. The second kappa shape index (κ2) is 9.38. The Bertz CT molecular complexity index is 497. The molecule has 4 nitrogen and oxygen atoms in total. The second-order valence-corrected chi connectivity index (χ2v) is 6.10. The summed E-state index contributed by atoms with van der Waals surface area (Å²) >= 11 is 0. The van der Waals surface area contributed by atoms with E-state index in [4.69, 9.17) is 9.47 Å². The molecule has 0 N–H and O–H groups in total. The summed E-state index contributed by atoms with van der Waals surface area (Å²) in [5.74, 6) is 0.133. The van der Waals surface area contributed by atoms with Crippen LogP contribution in [-0.4, -0.2) is 28.4 Å². The van der Waals surface area contributed by atoms with Crippen molar-refractivity contribution >= 4 is 9.84 Å². The summed E-state index contributed by atoms with van der Waals surface area (Å²) in [6.45, 7) is 3.99. The first-order valence-electron chi connectivity index (χ1n) is 5.98. The topological polar surface area (TPSA) is 52.6 Å². The first kappa shape index (κ1) is 19.4. The predicted molar refractivity (Wildman–Crippen MR) is 73.0 cm³/mol. The molecule has 0 saturated carbocycles. The first-order chi connectivity index (χ1) is 8.97. The maximum absolute atomic E-state index is 12.0. The fourth-order valence-electron chi connectivity index (χ4n) is 1.40. The van der Waals surface area contributed by atoms with Gasteiger partial charge in [0.05, 0.1) is 6.10 Å². The average molecular weight is 290 g/mol. The van der Waals surface area contributed by atoms with Gasteiger partial charge in [-0.3, -0.25) is 8.42 Å². The van der Waals surface area contributed by atoms with E-state index < -0.39 is 9.84 Å². The molecule has 0 saturated heterocycles. The van der Waals surface area contributed by atoms with Gasteiger partial charge < -0.3 is 14.9 Å². The molecule has 0 radical (unpaired) electrons. The Morgan fingerprint density at radius 3 is 2.35 bits per heavy atom. The monoisotopic (exact) mass is 290 g/mol. The van der Waals surface area contributed by atoms with Gasteiger partial charge in [-0.05, 0) is 18.1 Å². The van der Waals surface area contributed by atoms with Crippen LogP contribution in [0.3, 0.4) is 0 Å². The quantitative estimate of drug-likeness (QED) is 0.383. The molecule has 106 valence electrons. The predicted octanol–water partition coefficient (Wildman–Crippen LogP) is -0.574. The van der Waals surface area contributed by atoms with E-state index >= 15 is 0 Å². The van der Waals surface area contributed by atoms with Crippen molar-refractivity contribution in [2.45, 2.75) is 24.8 Å². The molecule has 1 rings (SSSR count). The van der Waals surface area contributed by atoms with Gasteiger partial charge in [-0.15, -0.1) is 0 Å². The maximum atomic E-state index is 12.0. The summed E-state index contributed by atoms with van der Waals surface area (Å²) in [6, 6.07) is 8.19. The molecule has 0 bridgehead atoms. The summed E-state index contributed by atoms with van der Waals surface area (Å²) in [7, 11) is -2.02. The Morgan fingerprint density at radius 1 is 1.25 bits per heavy atom. The van der Waals surface area contributed by atoms with E-state index in [9.17, 15) is 8.42 Å². The van der Waals surface area contributed by atoms with Crippen LogP contribution in [0.1, 0.15) is 13.8 Å². The molecule has 0 heterocycles. The van der Waals surface area contributed by atoms with Gasteiger partial charge in [-0.25, -0.2) is 6.08 Å². The van der Waals surface area contributed by atoms with Crippen LogP contribution in [0, 0.1) is 11.3 Å². The van der Waals surface area contributed by atoms with E-state index in [1.807, 2.05) is 13.8 Å². The van der Waals surface area contributed by atoms with Gasteiger partial charge in [0.25, 0.3) is 0 Å². The van der Waals surface area contributed by atoms with E-state index in [2.05, 4.69) is 5.41 Å². The number of rotatable bonds is 7. The van der Waals surface area contributed by atoms with Crippen LogP contribution in [0.4, 0.5) is 0 Å². The minimum absolute atomic E-state index is 0. The number of benzene rings is 1. The molecule has 0 spiro atoms. The molecule has 0 aliphatic carbocycles. The summed E-state index contributed by atoms with van der Waals surface area (Å²) in [5, 5.41) is 2.43. The zero-order chi connectivity index (χ0) is 14.3. The second-order valence-electron chi connectivity index (χ2n) is 4.38. The third-order valence-corrected chi connectivity index (χ3v) is 3.82. The van der Waals surface area contributed by atoms with Crippen molar-refractivity contribution in [2.24, 2.45) is 5.92 Å². The Labute approximate surface area is 133 Å². The summed E-state index contributed by atoms with van der Waals surface area (Å²) < 4.78 is 34.2. The van der Waals surface area contributed by atoms with Crippen molar-refractivity contribution in [3.05, 3.63) is 41.8 Å². The van der Waals surface area contributed by atoms with Crippen LogP contribution >= 0.6 is 0 Å². The molecule has 20 heavy (non-hydrogen) atoms. The third-order valence-electron chi connectivity index (χ3n) is 2.48. The van der Waals surface area contributed by atoms with Crippen LogP contribution < -0.4 is 18.9 Å². The Hall–Kier alpha value is -0.573. The summed E-state index contributed by atoms with van der Waals surface area (Å²) in [5.41, 5.74) is 0. The van der Waals surface area contributed by atoms with Gasteiger partial charge in [0.1, 0.15) is 6.79 Å². The van der Waals surface area contributed by atoms with Crippen molar-refractivity contribution in [1.82, 2.24) is 0 Å². The van der Waals surface area contributed by atoms with E-state index in [1.54, 1.807) is 18.2 Å². The maximum Gasteiger partial charge on any atom is 1.00 e. The molecule has 1 aromatic carbocycles. The molecule has 0 amide bonds. The fraction of sp³-hybridized carbons (Fsp3) is 0.429. The molecule has 6 heteroatoms. The number of hydrogen-bond donors (Lipinski definition) is 0. The van der Waals surface area contributed by atoms with Gasteiger partial charge in [-0.1, -0.05) is 32.0 Å². The number of ether oxygens (including phenoxy) is 2. The smallest absolute Gasteiger partial charge is 0.360 e. The van der Waals surface area contributed by atoms with Crippen molar-refractivity contribution in [2.75, 3.05) is 13.9 Å². The molecule has 1 aromatic rings. The van der Waals surface area contributed by atoms with Gasteiger partial charge in [0.15, 0.2) is 0 Å². The zero-order valence-corrected chi connectivity index (χ0v) is 13.2. The van der Waals surface area contributed by atoms with Crippen molar-refractivity contribution in [3.8, 4) is 0 Å². The SMILES string of the molecule is COCO[C@H](C=[C-]S(=O)(=O)c1ccccc1)C(C)C.[Li+]. The van der Waals surface area contributed by atoms with Crippen LogP contribution in [-0.2, 0) is 19.3 Å². The van der Waals surface area contributed by atoms with Crippen molar-refractivity contribution in [3.63, 3.8) is 0 Å². The Kier molecular flexibility index (Phi) is 9.11. The van der Waals surface area contributed by atoms with E-state index in [1.165, 1.54) is 25.3 Å². The van der Waals surface area contributed by atoms with Gasteiger partial charge in [-0.2, -0.15) is 0 Å². The largest absolute Gasteiger partial charge is 1.00 e. The molecule has 0 aliphatic heterocycles. The van der Waals surface area contributed by atoms with Crippen LogP contribution in [0.2, 0.25) is 0 Å². The average Bonchev–Trinajstić information content (AvgIpc) is 2.39. The van der Waals surface area contributed by atoms with Crippen LogP contribution in [0.5, 0.6) is 0 Å². The van der Waals surface area contributed by atoms with Gasteiger partial charge >= 0.3 is 18.9 Å². The van der Waals surface area contributed by atoms with Crippen molar-refractivity contribution < 1.29 is 36.8 Å². The van der Waals surface area contributed by atoms with E-state index in [-0.39, 0.29) is 42.6 Å². The molecule has 0 unspecified atom stereocenters. The normalized spacial score (nSPS) is 13.4. The summed E-state index contributed by atoms with van der Waals surface area (Å²) in [4.78, 5) is 0.223. The summed E-state index contributed by atoms with van der Waals surface area (Å²) in [6.07, 6.45) is 1.09. The standard InChI is InChI=1S/C14H19O4S.Li/c1-12(2)14(18-11-17-3)9-10-19(15,16)13-7-5-4-6-8-13;/h4-9,12,14H,11H2,1-3H3;/q-1;+1/t14-;/m1./s1. The number of methoxy groups -OCH3 is 1. The first-order valence-corrected chi connectivity index (χ1v) is 7.47. The van der Waals surface area contributed by atoms with E-state index in [0.717, 1.165) is 0 Å². The fourth-order valence-corrected chi connectivity index (χ4v) is 2.37. The van der Waals surface area contributed by atoms with Crippen LogP contribution in [0.25, 0.3) is 0 Å². The molecule has 1 atom stereocenters. The zero-order valence-electron chi connectivity index (χ0n) is 12.4. The van der Waals surface area contributed by atoms with E-state index in [0.29, 0.717) is 0 Å². The molecular weight excluding hydrogens is 271 g/mol. The molecule has 0 aliphatic rings. The Morgan fingerprint density at radius 2 is 1.85 bits per heavy atom. The molecule has 0 aromatic heterocycles.